The number of likely N-dealkylation sites (tertiary alicyclic amines) is 1. The summed E-state index contributed by atoms with van der Waals surface area (Å²) in [5.74, 6) is -0.0126. The monoisotopic (exact) mass is 369 g/mol. The lowest BCUT2D eigenvalue weighted by Crippen LogP contribution is -2.53. The Kier molecular flexibility index (Phi) is 4.76. The zero-order chi connectivity index (χ0) is 19.1. The average Bonchev–Trinajstić information content (AvgIpc) is 3.46. The van der Waals surface area contributed by atoms with Gasteiger partial charge in [0.1, 0.15) is 6.04 Å². The number of nitrogens with zero attached hydrogens (tertiary/aromatic N) is 2. The summed E-state index contributed by atoms with van der Waals surface area (Å²) in [4.78, 5) is 41.3. The number of hydrogen-bond acceptors (Lipinski definition) is 4. The van der Waals surface area contributed by atoms with E-state index in [0.29, 0.717) is 30.3 Å². The maximum absolute atomic E-state index is 12.9. The zero-order valence-electron chi connectivity index (χ0n) is 16.0. The Balaban J connectivity index is 1.38. The predicted octanol–water partition coefficient (Wildman–Crippen LogP) is 1.97. The standard InChI is InChI=1S/C21H27N3O3/c1-13-3-6-17-18(11-13)21(27)24(20(17)26)14(2)19(25)23-9-7-16(8-10-23)22-12-15-4-5-15/h3,6,11,14-16,22H,4-5,7-10,12H2,1-2H3. The van der Waals surface area contributed by atoms with Gasteiger partial charge in [-0.05, 0) is 64.1 Å². The summed E-state index contributed by atoms with van der Waals surface area (Å²) in [6, 6.07) is 4.92. The molecule has 1 atom stereocenters. The molecule has 1 aliphatic carbocycles. The molecule has 3 aliphatic rings. The van der Waals surface area contributed by atoms with Gasteiger partial charge in [-0.25, -0.2) is 0 Å². The van der Waals surface area contributed by atoms with Gasteiger partial charge in [-0.2, -0.15) is 0 Å². The van der Waals surface area contributed by atoms with Gasteiger partial charge in [-0.15, -0.1) is 0 Å². The highest BCUT2D eigenvalue weighted by Gasteiger charge is 2.42. The fourth-order valence-electron chi connectivity index (χ4n) is 4.06. The van der Waals surface area contributed by atoms with Gasteiger partial charge in [0, 0.05) is 19.1 Å². The van der Waals surface area contributed by atoms with Crippen LogP contribution in [0.15, 0.2) is 18.2 Å². The van der Waals surface area contributed by atoms with Gasteiger partial charge >= 0.3 is 0 Å². The van der Waals surface area contributed by atoms with Crippen LogP contribution in [-0.4, -0.2) is 59.2 Å². The Hall–Kier alpha value is -2.21. The summed E-state index contributed by atoms with van der Waals surface area (Å²) >= 11 is 0. The number of hydrogen-bond donors (Lipinski definition) is 1. The Morgan fingerprint density at radius 2 is 1.78 bits per heavy atom. The van der Waals surface area contributed by atoms with Gasteiger partial charge < -0.3 is 10.2 Å². The molecule has 0 spiro atoms. The number of imide groups is 1. The van der Waals surface area contributed by atoms with E-state index in [1.54, 1.807) is 24.0 Å². The molecule has 1 saturated carbocycles. The minimum absolute atomic E-state index is 0.137. The van der Waals surface area contributed by atoms with Crippen LogP contribution in [0.25, 0.3) is 0 Å². The summed E-state index contributed by atoms with van der Waals surface area (Å²) in [7, 11) is 0. The van der Waals surface area contributed by atoms with Gasteiger partial charge in [0.15, 0.2) is 0 Å². The van der Waals surface area contributed by atoms with Crippen molar-refractivity contribution in [3.63, 3.8) is 0 Å². The first-order valence-corrected chi connectivity index (χ1v) is 9.96. The fraction of sp³-hybridized carbons (Fsp3) is 0.571. The normalized spacial score (nSPS) is 21.6. The van der Waals surface area contributed by atoms with Crippen LogP contribution in [0.3, 0.4) is 0 Å². The predicted molar refractivity (Wildman–Crippen MR) is 101 cm³/mol. The second-order valence-electron chi connectivity index (χ2n) is 8.16. The third-order valence-electron chi connectivity index (χ3n) is 6.02. The maximum Gasteiger partial charge on any atom is 0.262 e. The van der Waals surface area contributed by atoms with E-state index in [-0.39, 0.29) is 17.7 Å². The molecule has 2 heterocycles. The Labute approximate surface area is 159 Å². The van der Waals surface area contributed by atoms with E-state index in [1.165, 1.54) is 12.8 Å². The first-order valence-electron chi connectivity index (χ1n) is 9.96. The minimum atomic E-state index is -0.770. The van der Waals surface area contributed by atoms with E-state index in [2.05, 4.69) is 5.32 Å². The maximum atomic E-state index is 12.9. The van der Waals surface area contributed by atoms with E-state index in [0.717, 1.165) is 35.8 Å². The Morgan fingerprint density at radius 3 is 2.44 bits per heavy atom. The lowest BCUT2D eigenvalue weighted by atomic mass is 10.0. The van der Waals surface area contributed by atoms with Crippen LogP contribution in [-0.2, 0) is 4.79 Å². The van der Waals surface area contributed by atoms with Crippen LogP contribution >= 0.6 is 0 Å². The summed E-state index contributed by atoms with van der Waals surface area (Å²) in [6.07, 6.45) is 4.52. The number of rotatable bonds is 5. The van der Waals surface area contributed by atoms with Gasteiger partial charge in [0.05, 0.1) is 11.1 Å². The van der Waals surface area contributed by atoms with E-state index in [1.807, 2.05) is 13.0 Å². The smallest absolute Gasteiger partial charge is 0.262 e. The highest BCUT2D eigenvalue weighted by Crippen LogP contribution is 2.29. The van der Waals surface area contributed by atoms with Crippen LogP contribution in [0.2, 0.25) is 0 Å². The molecule has 2 aliphatic heterocycles. The summed E-state index contributed by atoms with van der Waals surface area (Å²) < 4.78 is 0. The first-order chi connectivity index (χ1) is 13.0. The van der Waals surface area contributed by atoms with E-state index in [9.17, 15) is 14.4 Å². The third kappa shape index (κ3) is 3.50. The van der Waals surface area contributed by atoms with Crippen molar-refractivity contribution in [2.75, 3.05) is 19.6 Å². The number of fused-ring (bicyclic) bond motifs is 1. The van der Waals surface area contributed by atoms with Crippen LogP contribution < -0.4 is 5.32 Å². The molecule has 1 aromatic rings. The lowest BCUT2D eigenvalue weighted by Gasteiger charge is -2.35. The third-order valence-corrected chi connectivity index (χ3v) is 6.02. The van der Waals surface area contributed by atoms with Crippen molar-refractivity contribution in [2.24, 2.45) is 5.92 Å². The van der Waals surface area contributed by atoms with E-state index in [4.69, 9.17) is 0 Å². The number of aryl methyl sites for hydroxylation is 1. The molecule has 0 radical (unpaired) electrons. The molecule has 6 heteroatoms. The zero-order valence-corrected chi connectivity index (χ0v) is 16.0. The molecule has 1 saturated heterocycles. The van der Waals surface area contributed by atoms with Crippen LogP contribution in [0.4, 0.5) is 0 Å². The van der Waals surface area contributed by atoms with E-state index >= 15 is 0 Å². The van der Waals surface area contributed by atoms with Gasteiger partial charge in [0.25, 0.3) is 11.8 Å². The topological polar surface area (TPSA) is 69.7 Å². The summed E-state index contributed by atoms with van der Waals surface area (Å²) in [5, 5.41) is 3.60. The highest BCUT2D eigenvalue weighted by atomic mass is 16.2. The SMILES string of the molecule is Cc1ccc2c(c1)C(=O)N(C(C)C(=O)N1CCC(NCC3CC3)CC1)C2=O. The molecule has 3 amide bonds. The quantitative estimate of drug-likeness (QED) is 0.806. The molecular weight excluding hydrogens is 342 g/mol. The largest absolute Gasteiger partial charge is 0.341 e. The van der Waals surface area contributed by atoms with Crippen molar-refractivity contribution in [2.45, 2.75) is 51.6 Å². The van der Waals surface area contributed by atoms with Crippen molar-refractivity contribution < 1.29 is 14.4 Å². The van der Waals surface area contributed by atoms with Crippen molar-refractivity contribution in [1.29, 1.82) is 0 Å². The molecule has 144 valence electrons. The second kappa shape index (κ2) is 7.08. The molecule has 0 bridgehead atoms. The highest BCUT2D eigenvalue weighted by molar-refractivity contribution is 6.22. The second-order valence-corrected chi connectivity index (χ2v) is 8.16. The first kappa shape index (κ1) is 18.2. The molecule has 27 heavy (non-hydrogen) atoms. The molecule has 6 nitrogen and oxygen atoms in total. The molecule has 4 rings (SSSR count). The van der Waals surface area contributed by atoms with Crippen molar-refractivity contribution in [3.05, 3.63) is 34.9 Å². The molecular formula is C21H27N3O3. The summed E-state index contributed by atoms with van der Waals surface area (Å²) in [6.45, 7) is 5.98. The molecule has 1 aromatic carbocycles. The number of carbonyl (C=O) groups excluding carboxylic acids is 3. The molecule has 2 fully saturated rings. The van der Waals surface area contributed by atoms with Crippen molar-refractivity contribution >= 4 is 17.7 Å². The van der Waals surface area contributed by atoms with Gasteiger partial charge in [-0.3, -0.25) is 19.3 Å². The van der Waals surface area contributed by atoms with Crippen LogP contribution in [0, 0.1) is 12.8 Å². The van der Waals surface area contributed by atoms with Gasteiger partial charge in [0.2, 0.25) is 5.91 Å². The Bertz CT molecular complexity index is 779. The van der Waals surface area contributed by atoms with Crippen molar-refractivity contribution in [3.8, 4) is 0 Å². The Morgan fingerprint density at radius 1 is 1.11 bits per heavy atom. The number of piperidine rings is 1. The lowest BCUT2D eigenvalue weighted by molar-refractivity contribution is -0.136. The average molecular weight is 369 g/mol. The molecule has 1 N–H and O–H groups in total. The number of amides is 3. The fourth-order valence-corrected chi connectivity index (χ4v) is 4.06. The minimum Gasteiger partial charge on any atom is -0.341 e. The number of benzene rings is 1. The van der Waals surface area contributed by atoms with Crippen LogP contribution in [0.1, 0.15) is 58.9 Å². The van der Waals surface area contributed by atoms with E-state index < -0.39 is 6.04 Å². The molecule has 1 unspecified atom stereocenters. The number of nitrogens with one attached hydrogen (secondary N) is 1. The van der Waals surface area contributed by atoms with Gasteiger partial charge in [-0.1, -0.05) is 11.6 Å². The molecule has 0 aromatic heterocycles. The summed E-state index contributed by atoms with van der Waals surface area (Å²) in [5.41, 5.74) is 1.73. The van der Waals surface area contributed by atoms with Crippen molar-refractivity contribution in [1.82, 2.24) is 15.1 Å². The number of carbonyl (C=O) groups is 3. The van der Waals surface area contributed by atoms with Crippen LogP contribution in [0.5, 0.6) is 0 Å².